The summed E-state index contributed by atoms with van der Waals surface area (Å²) in [4.78, 5) is 12.6. The van der Waals surface area contributed by atoms with Crippen molar-refractivity contribution in [3.05, 3.63) is 48.0 Å². The first kappa shape index (κ1) is 18.4. The molecule has 3 aromatic rings. The van der Waals surface area contributed by atoms with E-state index in [1.807, 2.05) is 19.9 Å². The van der Waals surface area contributed by atoms with Gasteiger partial charge in [0.15, 0.2) is 17.3 Å². The van der Waals surface area contributed by atoms with Crippen molar-refractivity contribution in [1.82, 2.24) is 10.2 Å². The molecule has 144 valence electrons. The fourth-order valence-corrected chi connectivity index (χ4v) is 3.49. The van der Waals surface area contributed by atoms with Gasteiger partial charge in [-0.2, -0.15) is 0 Å². The molecule has 4 rings (SSSR count). The molecule has 1 atom stereocenters. The number of carbonyl (C=O) groups is 1. The second kappa shape index (κ2) is 7.93. The summed E-state index contributed by atoms with van der Waals surface area (Å²) in [5.41, 5.74) is 1.34. The van der Waals surface area contributed by atoms with Crippen LogP contribution in [0.15, 0.2) is 52.1 Å². The van der Waals surface area contributed by atoms with E-state index in [4.69, 9.17) is 18.6 Å². The van der Waals surface area contributed by atoms with Gasteiger partial charge in [0.2, 0.25) is 12.7 Å². The highest BCUT2D eigenvalue weighted by molar-refractivity contribution is 8.00. The Bertz CT molecular complexity index is 987. The molecule has 7 nitrogen and oxygen atoms in total. The Morgan fingerprint density at radius 2 is 1.93 bits per heavy atom. The highest BCUT2D eigenvalue weighted by Gasteiger charge is 2.21. The number of nitrogens with zero attached hydrogens (tertiary/aromatic N) is 2. The van der Waals surface area contributed by atoms with E-state index in [0.29, 0.717) is 34.8 Å². The van der Waals surface area contributed by atoms with Crippen molar-refractivity contribution in [2.75, 3.05) is 13.4 Å². The van der Waals surface area contributed by atoms with E-state index >= 15 is 0 Å². The topological polar surface area (TPSA) is 83.7 Å². The van der Waals surface area contributed by atoms with Crippen molar-refractivity contribution in [3.63, 3.8) is 0 Å². The molecule has 0 amide bonds. The fraction of sp³-hybridized carbons (Fsp3) is 0.250. The number of rotatable bonds is 7. The van der Waals surface area contributed by atoms with Crippen LogP contribution in [-0.4, -0.2) is 34.6 Å². The number of Topliss-reactive ketones (excluding diaryl/α,β-unsaturated/α-hetero) is 1. The summed E-state index contributed by atoms with van der Waals surface area (Å²) in [6.07, 6.45) is 0. The molecule has 0 radical (unpaired) electrons. The number of fused-ring (bicyclic) bond motifs is 1. The van der Waals surface area contributed by atoms with E-state index < -0.39 is 0 Å². The van der Waals surface area contributed by atoms with Gasteiger partial charge in [-0.3, -0.25) is 4.79 Å². The number of aromatic nitrogens is 2. The minimum absolute atomic E-state index is 0.0177. The van der Waals surface area contributed by atoms with E-state index in [0.717, 1.165) is 11.3 Å². The molecule has 0 saturated heterocycles. The summed E-state index contributed by atoms with van der Waals surface area (Å²) in [6.45, 7) is 4.52. The van der Waals surface area contributed by atoms with E-state index in [9.17, 15) is 4.79 Å². The molecule has 28 heavy (non-hydrogen) atoms. The first-order chi connectivity index (χ1) is 13.6. The van der Waals surface area contributed by atoms with Gasteiger partial charge in [0.1, 0.15) is 5.75 Å². The van der Waals surface area contributed by atoms with Crippen LogP contribution in [-0.2, 0) is 0 Å². The molecule has 8 heteroatoms. The molecule has 1 aromatic heterocycles. The highest BCUT2D eigenvalue weighted by atomic mass is 32.2. The lowest BCUT2D eigenvalue weighted by molar-refractivity contribution is 0.0993. The van der Waals surface area contributed by atoms with Crippen LogP contribution in [0.1, 0.15) is 24.2 Å². The molecule has 0 unspecified atom stereocenters. The van der Waals surface area contributed by atoms with Gasteiger partial charge in [-0.05, 0) is 56.3 Å². The van der Waals surface area contributed by atoms with Crippen molar-refractivity contribution in [1.29, 1.82) is 0 Å². The van der Waals surface area contributed by atoms with E-state index in [1.54, 1.807) is 36.4 Å². The monoisotopic (exact) mass is 398 g/mol. The van der Waals surface area contributed by atoms with Crippen LogP contribution in [0, 0.1) is 0 Å². The van der Waals surface area contributed by atoms with Crippen LogP contribution < -0.4 is 14.2 Å². The second-order valence-corrected chi connectivity index (χ2v) is 7.31. The zero-order valence-electron chi connectivity index (χ0n) is 15.4. The van der Waals surface area contributed by atoms with Gasteiger partial charge in [0.25, 0.3) is 5.22 Å². The van der Waals surface area contributed by atoms with Crippen molar-refractivity contribution in [2.45, 2.75) is 24.3 Å². The Balaban J connectivity index is 1.43. The average Bonchev–Trinajstić information content (AvgIpc) is 3.37. The molecule has 2 aromatic carbocycles. The molecule has 0 fully saturated rings. The number of carbonyl (C=O) groups excluding carboxylic acids is 1. The van der Waals surface area contributed by atoms with Gasteiger partial charge >= 0.3 is 0 Å². The Morgan fingerprint density at radius 1 is 1.14 bits per heavy atom. The molecule has 0 aliphatic carbocycles. The quantitative estimate of drug-likeness (QED) is 0.432. The van der Waals surface area contributed by atoms with Crippen molar-refractivity contribution >= 4 is 17.5 Å². The van der Waals surface area contributed by atoms with E-state index in [1.165, 1.54) is 11.8 Å². The molecule has 0 spiro atoms. The predicted octanol–water partition coefficient (Wildman–Crippen LogP) is 4.23. The maximum atomic E-state index is 12.6. The largest absolute Gasteiger partial charge is 0.494 e. The third kappa shape index (κ3) is 3.82. The summed E-state index contributed by atoms with van der Waals surface area (Å²) in [5, 5.41) is 8.07. The molecule has 1 aliphatic rings. The first-order valence-corrected chi connectivity index (χ1v) is 9.69. The molecular formula is C20H18N2O5S. The summed E-state index contributed by atoms with van der Waals surface area (Å²) in [5.74, 6) is 2.42. The Hall–Kier alpha value is -3.00. The molecule has 2 heterocycles. The van der Waals surface area contributed by atoms with E-state index in [-0.39, 0.29) is 17.8 Å². The van der Waals surface area contributed by atoms with Crippen molar-refractivity contribution in [2.24, 2.45) is 0 Å². The maximum Gasteiger partial charge on any atom is 0.277 e. The van der Waals surface area contributed by atoms with Gasteiger partial charge in [-0.25, -0.2) is 0 Å². The number of ether oxygens (including phenoxy) is 3. The number of ketones is 1. The molecule has 0 saturated carbocycles. The van der Waals surface area contributed by atoms with Crippen LogP contribution in [0.4, 0.5) is 0 Å². The normalized spacial score (nSPS) is 13.4. The third-order valence-electron chi connectivity index (χ3n) is 4.12. The van der Waals surface area contributed by atoms with Gasteiger partial charge in [0, 0.05) is 11.1 Å². The predicted molar refractivity (Wildman–Crippen MR) is 103 cm³/mol. The summed E-state index contributed by atoms with van der Waals surface area (Å²) < 4.78 is 21.8. The minimum Gasteiger partial charge on any atom is -0.494 e. The zero-order chi connectivity index (χ0) is 19.5. The maximum absolute atomic E-state index is 12.6. The minimum atomic E-state index is -0.372. The van der Waals surface area contributed by atoms with Crippen LogP contribution in [0.2, 0.25) is 0 Å². The molecular weight excluding hydrogens is 380 g/mol. The summed E-state index contributed by atoms with van der Waals surface area (Å²) in [7, 11) is 0. The third-order valence-corrected chi connectivity index (χ3v) is 5.06. The Kier molecular flexibility index (Phi) is 5.21. The SMILES string of the molecule is CCOc1ccc(C(=O)[C@@H](C)Sc2nnc(-c3ccc4c(c3)OCO4)o2)cc1. The van der Waals surface area contributed by atoms with Crippen LogP contribution in [0.5, 0.6) is 17.2 Å². The smallest absolute Gasteiger partial charge is 0.277 e. The Morgan fingerprint density at radius 3 is 2.71 bits per heavy atom. The van der Waals surface area contributed by atoms with E-state index in [2.05, 4.69) is 10.2 Å². The van der Waals surface area contributed by atoms with Gasteiger partial charge < -0.3 is 18.6 Å². The standard InChI is InChI=1S/C20H18N2O5S/c1-3-24-15-7-4-13(5-8-15)18(23)12(2)28-20-22-21-19(27-20)14-6-9-16-17(10-14)26-11-25-16/h4-10,12H,3,11H2,1-2H3/t12-/m1/s1. The van der Waals surface area contributed by atoms with Crippen molar-refractivity contribution < 1.29 is 23.4 Å². The van der Waals surface area contributed by atoms with Gasteiger partial charge in [-0.15, -0.1) is 10.2 Å². The van der Waals surface area contributed by atoms with Crippen LogP contribution in [0.25, 0.3) is 11.5 Å². The number of hydrogen-bond acceptors (Lipinski definition) is 8. The summed E-state index contributed by atoms with van der Waals surface area (Å²) in [6, 6.07) is 12.5. The van der Waals surface area contributed by atoms with Gasteiger partial charge in [-0.1, -0.05) is 11.8 Å². The first-order valence-electron chi connectivity index (χ1n) is 8.81. The second-order valence-electron chi connectivity index (χ2n) is 6.02. The number of benzene rings is 2. The van der Waals surface area contributed by atoms with Crippen LogP contribution >= 0.6 is 11.8 Å². The number of thioether (sulfide) groups is 1. The van der Waals surface area contributed by atoms with Crippen LogP contribution in [0.3, 0.4) is 0 Å². The highest BCUT2D eigenvalue weighted by Crippen LogP contribution is 2.36. The lowest BCUT2D eigenvalue weighted by Crippen LogP contribution is -2.13. The zero-order valence-corrected chi connectivity index (χ0v) is 16.2. The lowest BCUT2D eigenvalue weighted by atomic mass is 10.1. The molecule has 1 aliphatic heterocycles. The molecule has 0 N–H and O–H groups in total. The molecule has 0 bridgehead atoms. The summed E-state index contributed by atoms with van der Waals surface area (Å²) >= 11 is 1.22. The number of hydrogen-bond donors (Lipinski definition) is 0. The van der Waals surface area contributed by atoms with Crippen molar-refractivity contribution in [3.8, 4) is 28.7 Å². The Labute approximate surface area is 166 Å². The average molecular weight is 398 g/mol. The lowest BCUT2D eigenvalue weighted by Gasteiger charge is -2.08. The fourth-order valence-electron chi connectivity index (χ4n) is 2.73. The van der Waals surface area contributed by atoms with Gasteiger partial charge in [0.05, 0.1) is 11.9 Å².